The van der Waals surface area contributed by atoms with Crippen molar-refractivity contribution in [2.24, 2.45) is 11.7 Å². The molecule has 2 unspecified atom stereocenters. The topological polar surface area (TPSA) is 87.5 Å². The van der Waals surface area contributed by atoms with E-state index in [0.717, 1.165) is 51.6 Å². The Morgan fingerprint density at radius 3 is 2.52 bits per heavy atom. The fourth-order valence-electron chi connectivity index (χ4n) is 3.30. The van der Waals surface area contributed by atoms with Gasteiger partial charge in [0.15, 0.2) is 0 Å². The SMILES string of the molecule is CNC(=O)CN1CCC(NC(=O)C2CCCC(N)C2)CC1. The van der Waals surface area contributed by atoms with Crippen LogP contribution in [0.25, 0.3) is 0 Å². The van der Waals surface area contributed by atoms with Crippen LogP contribution in [0, 0.1) is 5.92 Å². The predicted octanol–water partition coefficient (Wildman–Crippen LogP) is -0.169. The van der Waals surface area contributed by atoms with Crippen molar-refractivity contribution in [2.75, 3.05) is 26.7 Å². The first-order valence-electron chi connectivity index (χ1n) is 8.07. The molecule has 2 fully saturated rings. The Bertz CT molecular complexity index is 367. The zero-order valence-electron chi connectivity index (χ0n) is 12.9. The van der Waals surface area contributed by atoms with Crippen LogP contribution >= 0.6 is 0 Å². The fraction of sp³-hybridized carbons (Fsp3) is 0.867. The van der Waals surface area contributed by atoms with Gasteiger partial charge in [0.2, 0.25) is 11.8 Å². The third-order valence-corrected chi connectivity index (χ3v) is 4.67. The van der Waals surface area contributed by atoms with Crippen molar-refractivity contribution in [3.63, 3.8) is 0 Å². The standard InChI is InChI=1S/C15H28N4O2/c1-17-14(20)10-19-7-5-13(6-8-19)18-15(21)11-3-2-4-12(16)9-11/h11-13H,2-10,16H2,1H3,(H,17,20)(H,18,21). The van der Waals surface area contributed by atoms with Crippen LogP contribution in [0.1, 0.15) is 38.5 Å². The number of nitrogens with one attached hydrogen (secondary N) is 2. The maximum absolute atomic E-state index is 12.3. The quantitative estimate of drug-likeness (QED) is 0.672. The third kappa shape index (κ3) is 4.97. The number of hydrogen-bond acceptors (Lipinski definition) is 4. The molecule has 0 aromatic carbocycles. The van der Waals surface area contributed by atoms with Crippen LogP contribution in [0.3, 0.4) is 0 Å². The molecular weight excluding hydrogens is 268 g/mol. The molecule has 2 amide bonds. The molecule has 1 aliphatic carbocycles. The molecule has 0 aromatic heterocycles. The number of hydrogen-bond donors (Lipinski definition) is 3. The molecule has 0 spiro atoms. The summed E-state index contributed by atoms with van der Waals surface area (Å²) in [4.78, 5) is 25.8. The smallest absolute Gasteiger partial charge is 0.233 e. The Labute approximate surface area is 126 Å². The maximum Gasteiger partial charge on any atom is 0.233 e. The second kappa shape index (κ2) is 7.75. The summed E-state index contributed by atoms with van der Waals surface area (Å²) in [5.74, 6) is 0.321. The molecule has 1 aliphatic heterocycles. The van der Waals surface area contributed by atoms with Crippen molar-refractivity contribution < 1.29 is 9.59 Å². The van der Waals surface area contributed by atoms with Gasteiger partial charge in [-0.1, -0.05) is 6.42 Å². The molecule has 120 valence electrons. The monoisotopic (exact) mass is 296 g/mol. The Morgan fingerprint density at radius 2 is 1.90 bits per heavy atom. The van der Waals surface area contributed by atoms with E-state index in [9.17, 15) is 9.59 Å². The Morgan fingerprint density at radius 1 is 1.19 bits per heavy atom. The lowest BCUT2D eigenvalue weighted by Crippen LogP contribution is -2.49. The molecule has 6 heteroatoms. The van der Waals surface area contributed by atoms with Crippen LogP contribution < -0.4 is 16.4 Å². The molecule has 1 saturated carbocycles. The van der Waals surface area contributed by atoms with E-state index in [4.69, 9.17) is 5.73 Å². The van der Waals surface area contributed by atoms with Gasteiger partial charge in [-0.15, -0.1) is 0 Å². The van der Waals surface area contributed by atoms with E-state index in [2.05, 4.69) is 15.5 Å². The van der Waals surface area contributed by atoms with Gasteiger partial charge in [0.1, 0.15) is 0 Å². The Balaban J connectivity index is 1.70. The highest BCUT2D eigenvalue weighted by atomic mass is 16.2. The van der Waals surface area contributed by atoms with Crippen molar-refractivity contribution in [1.29, 1.82) is 0 Å². The maximum atomic E-state index is 12.3. The summed E-state index contributed by atoms with van der Waals surface area (Å²) in [6.45, 7) is 2.18. The second-order valence-electron chi connectivity index (χ2n) is 6.36. The highest BCUT2D eigenvalue weighted by molar-refractivity contribution is 5.79. The predicted molar refractivity (Wildman–Crippen MR) is 81.6 cm³/mol. The van der Waals surface area contributed by atoms with Crippen molar-refractivity contribution >= 4 is 11.8 Å². The number of carbonyl (C=O) groups excluding carboxylic acids is 2. The van der Waals surface area contributed by atoms with E-state index in [-0.39, 0.29) is 29.8 Å². The molecule has 2 atom stereocenters. The van der Waals surface area contributed by atoms with Gasteiger partial charge in [0.25, 0.3) is 0 Å². The lowest BCUT2D eigenvalue weighted by atomic mass is 9.85. The van der Waals surface area contributed by atoms with Crippen molar-refractivity contribution in [2.45, 2.75) is 50.6 Å². The van der Waals surface area contributed by atoms with Crippen LogP contribution in [0.5, 0.6) is 0 Å². The number of nitrogens with zero attached hydrogens (tertiary/aromatic N) is 1. The van der Waals surface area contributed by atoms with E-state index < -0.39 is 0 Å². The highest BCUT2D eigenvalue weighted by Gasteiger charge is 2.28. The first-order chi connectivity index (χ1) is 10.1. The number of likely N-dealkylation sites (tertiary alicyclic amines) is 1. The number of rotatable bonds is 4. The lowest BCUT2D eigenvalue weighted by molar-refractivity contribution is -0.127. The zero-order valence-corrected chi connectivity index (χ0v) is 12.9. The van der Waals surface area contributed by atoms with Crippen LogP contribution in [-0.2, 0) is 9.59 Å². The lowest BCUT2D eigenvalue weighted by Gasteiger charge is -2.33. The first kappa shape index (κ1) is 16.2. The summed E-state index contributed by atoms with van der Waals surface area (Å²) in [5.41, 5.74) is 5.95. The summed E-state index contributed by atoms with van der Waals surface area (Å²) in [5, 5.41) is 5.82. The number of nitrogens with two attached hydrogens (primary N) is 1. The summed E-state index contributed by atoms with van der Waals surface area (Å²) in [6, 6.07) is 0.431. The summed E-state index contributed by atoms with van der Waals surface area (Å²) in [6.07, 6.45) is 5.73. The molecule has 0 radical (unpaired) electrons. The Hall–Kier alpha value is -1.14. The molecular formula is C15H28N4O2. The molecule has 21 heavy (non-hydrogen) atoms. The van der Waals surface area contributed by atoms with Gasteiger partial charge < -0.3 is 16.4 Å². The van der Waals surface area contributed by atoms with Gasteiger partial charge in [0.05, 0.1) is 6.54 Å². The second-order valence-corrected chi connectivity index (χ2v) is 6.36. The van der Waals surface area contributed by atoms with E-state index >= 15 is 0 Å². The van der Waals surface area contributed by atoms with E-state index in [0.29, 0.717) is 6.54 Å². The third-order valence-electron chi connectivity index (χ3n) is 4.67. The number of carbonyl (C=O) groups is 2. The molecule has 6 nitrogen and oxygen atoms in total. The van der Waals surface area contributed by atoms with Gasteiger partial charge in [-0.25, -0.2) is 0 Å². The average Bonchev–Trinajstić information content (AvgIpc) is 2.49. The first-order valence-corrected chi connectivity index (χ1v) is 8.07. The largest absolute Gasteiger partial charge is 0.358 e. The summed E-state index contributed by atoms with van der Waals surface area (Å²) >= 11 is 0. The number of likely N-dealkylation sites (N-methyl/N-ethyl adjacent to an activating group) is 1. The molecule has 4 N–H and O–H groups in total. The molecule has 1 saturated heterocycles. The fourth-order valence-corrected chi connectivity index (χ4v) is 3.30. The molecule has 0 aromatic rings. The van der Waals surface area contributed by atoms with Crippen LogP contribution in [0.2, 0.25) is 0 Å². The minimum Gasteiger partial charge on any atom is -0.358 e. The molecule has 2 aliphatic rings. The normalized spacial score (nSPS) is 28.1. The van der Waals surface area contributed by atoms with Gasteiger partial charge in [-0.3, -0.25) is 14.5 Å². The summed E-state index contributed by atoms with van der Waals surface area (Å²) < 4.78 is 0. The molecule has 0 bridgehead atoms. The van der Waals surface area contributed by atoms with E-state index in [1.165, 1.54) is 0 Å². The molecule has 2 rings (SSSR count). The van der Waals surface area contributed by atoms with Crippen LogP contribution in [-0.4, -0.2) is 55.5 Å². The number of piperidine rings is 1. The van der Waals surface area contributed by atoms with Crippen LogP contribution in [0.15, 0.2) is 0 Å². The van der Waals surface area contributed by atoms with Crippen molar-refractivity contribution in [3.05, 3.63) is 0 Å². The van der Waals surface area contributed by atoms with Crippen molar-refractivity contribution in [3.8, 4) is 0 Å². The zero-order chi connectivity index (χ0) is 15.2. The number of amides is 2. The highest BCUT2D eigenvalue weighted by Crippen LogP contribution is 2.23. The van der Waals surface area contributed by atoms with E-state index in [1.54, 1.807) is 7.05 Å². The van der Waals surface area contributed by atoms with Crippen molar-refractivity contribution in [1.82, 2.24) is 15.5 Å². The minimum absolute atomic E-state index is 0.0497. The van der Waals surface area contributed by atoms with Gasteiger partial charge in [-0.2, -0.15) is 0 Å². The molecule has 1 heterocycles. The average molecular weight is 296 g/mol. The van der Waals surface area contributed by atoms with E-state index in [1.807, 2.05) is 0 Å². The van der Waals surface area contributed by atoms with Gasteiger partial charge >= 0.3 is 0 Å². The minimum atomic E-state index is 0.0497. The van der Waals surface area contributed by atoms with Gasteiger partial charge in [-0.05, 0) is 32.1 Å². The van der Waals surface area contributed by atoms with Crippen LogP contribution in [0.4, 0.5) is 0 Å². The summed E-state index contributed by atoms with van der Waals surface area (Å²) in [7, 11) is 1.66. The Kier molecular flexibility index (Phi) is 5.99. The van der Waals surface area contributed by atoms with Gasteiger partial charge in [0, 0.05) is 38.1 Å².